The summed E-state index contributed by atoms with van der Waals surface area (Å²) in [5, 5.41) is 6.20. The highest BCUT2D eigenvalue weighted by Crippen LogP contribution is 2.11. The van der Waals surface area contributed by atoms with Crippen LogP contribution in [-0.2, 0) is 6.54 Å². The van der Waals surface area contributed by atoms with Gasteiger partial charge in [0, 0.05) is 57.2 Å². The average molecular weight is 396 g/mol. The molecule has 0 aliphatic carbocycles. The minimum Gasteiger partial charge on any atom is -0.357 e. The van der Waals surface area contributed by atoms with Crippen LogP contribution in [0.25, 0.3) is 0 Å². The second-order valence-corrected chi connectivity index (χ2v) is 6.75. The maximum atomic E-state index is 11.9. The SMILES string of the molecule is CCNC(=O)c1ccc(CN=C(NCC)N2CCN(c3ncccn3)CC2)cc1. The van der Waals surface area contributed by atoms with E-state index in [1.165, 1.54) is 0 Å². The molecule has 0 atom stereocenters. The van der Waals surface area contributed by atoms with Crippen molar-refractivity contribution in [3.63, 3.8) is 0 Å². The number of aromatic nitrogens is 2. The molecular formula is C21H29N7O. The molecule has 0 spiro atoms. The Hall–Kier alpha value is -3.16. The fourth-order valence-electron chi connectivity index (χ4n) is 3.19. The van der Waals surface area contributed by atoms with Gasteiger partial charge in [0.15, 0.2) is 5.96 Å². The van der Waals surface area contributed by atoms with Gasteiger partial charge in [-0.1, -0.05) is 12.1 Å². The summed E-state index contributed by atoms with van der Waals surface area (Å²) < 4.78 is 0. The van der Waals surface area contributed by atoms with Gasteiger partial charge in [-0.05, 0) is 37.6 Å². The van der Waals surface area contributed by atoms with Crippen molar-refractivity contribution in [1.29, 1.82) is 0 Å². The number of carbonyl (C=O) groups excluding carboxylic acids is 1. The van der Waals surface area contributed by atoms with E-state index in [0.29, 0.717) is 18.7 Å². The number of carbonyl (C=O) groups is 1. The lowest BCUT2D eigenvalue weighted by Gasteiger charge is -2.36. The van der Waals surface area contributed by atoms with Crippen LogP contribution in [0, 0.1) is 0 Å². The van der Waals surface area contributed by atoms with E-state index in [9.17, 15) is 4.79 Å². The lowest BCUT2D eigenvalue weighted by atomic mass is 10.1. The van der Waals surface area contributed by atoms with Crippen molar-refractivity contribution >= 4 is 17.8 Å². The van der Waals surface area contributed by atoms with Crippen molar-refractivity contribution in [2.45, 2.75) is 20.4 Å². The summed E-state index contributed by atoms with van der Waals surface area (Å²) in [7, 11) is 0. The number of nitrogens with zero attached hydrogens (tertiary/aromatic N) is 5. The molecule has 1 aliphatic rings. The molecule has 8 nitrogen and oxygen atoms in total. The van der Waals surface area contributed by atoms with Crippen molar-refractivity contribution in [3.05, 3.63) is 53.9 Å². The van der Waals surface area contributed by atoms with Crippen LogP contribution in [0.15, 0.2) is 47.7 Å². The largest absolute Gasteiger partial charge is 0.357 e. The Morgan fingerprint density at radius 2 is 1.66 bits per heavy atom. The quantitative estimate of drug-likeness (QED) is 0.570. The predicted molar refractivity (Wildman–Crippen MR) is 115 cm³/mol. The van der Waals surface area contributed by atoms with Gasteiger partial charge in [0.2, 0.25) is 5.95 Å². The fourth-order valence-corrected chi connectivity index (χ4v) is 3.19. The molecule has 2 heterocycles. The summed E-state index contributed by atoms with van der Waals surface area (Å²) in [6.45, 7) is 9.43. The van der Waals surface area contributed by atoms with Gasteiger partial charge in [0.05, 0.1) is 6.54 Å². The first-order valence-electron chi connectivity index (χ1n) is 10.1. The zero-order chi connectivity index (χ0) is 20.5. The van der Waals surface area contributed by atoms with Crippen molar-refractivity contribution in [1.82, 2.24) is 25.5 Å². The highest BCUT2D eigenvalue weighted by Gasteiger charge is 2.21. The van der Waals surface area contributed by atoms with Gasteiger partial charge in [-0.2, -0.15) is 0 Å². The molecule has 1 aromatic carbocycles. The van der Waals surface area contributed by atoms with Crippen LogP contribution >= 0.6 is 0 Å². The maximum Gasteiger partial charge on any atom is 0.251 e. The fraction of sp³-hybridized carbons (Fsp3) is 0.429. The lowest BCUT2D eigenvalue weighted by molar-refractivity contribution is 0.0956. The summed E-state index contributed by atoms with van der Waals surface area (Å²) in [6.07, 6.45) is 3.55. The van der Waals surface area contributed by atoms with E-state index in [2.05, 4.69) is 37.3 Å². The molecule has 0 radical (unpaired) electrons. The predicted octanol–water partition coefficient (Wildman–Crippen LogP) is 1.51. The molecule has 1 aliphatic heterocycles. The molecule has 1 fully saturated rings. The molecule has 0 unspecified atom stereocenters. The number of hydrogen-bond acceptors (Lipinski definition) is 5. The molecule has 1 saturated heterocycles. The molecule has 1 aromatic heterocycles. The van der Waals surface area contributed by atoms with Crippen molar-refractivity contribution in [2.75, 3.05) is 44.2 Å². The van der Waals surface area contributed by atoms with Crippen LogP contribution < -0.4 is 15.5 Å². The second kappa shape index (κ2) is 10.4. The van der Waals surface area contributed by atoms with Gasteiger partial charge in [0.1, 0.15) is 0 Å². The molecule has 0 bridgehead atoms. The van der Waals surface area contributed by atoms with E-state index in [1.807, 2.05) is 37.3 Å². The van der Waals surface area contributed by atoms with Crippen LogP contribution in [-0.4, -0.2) is 66.0 Å². The van der Waals surface area contributed by atoms with Gasteiger partial charge in [-0.25, -0.2) is 15.0 Å². The van der Waals surface area contributed by atoms with E-state index < -0.39 is 0 Å². The molecule has 0 saturated carbocycles. The third kappa shape index (κ3) is 5.66. The zero-order valence-corrected chi connectivity index (χ0v) is 17.1. The average Bonchev–Trinajstić information content (AvgIpc) is 2.78. The van der Waals surface area contributed by atoms with Crippen molar-refractivity contribution in [3.8, 4) is 0 Å². The molecule has 154 valence electrons. The van der Waals surface area contributed by atoms with E-state index in [-0.39, 0.29) is 5.91 Å². The Morgan fingerprint density at radius 1 is 1.00 bits per heavy atom. The van der Waals surface area contributed by atoms with Crippen LogP contribution in [0.4, 0.5) is 5.95 Å². The monoisotopic (exact) mass is 395 g/mol. The maximum absolute atomic E-state index is 11.9. The van der Waals surface area contributed by atoms with E-state index in [4.69, 9.17) is 4.99 Å². The summed E-state index contributed by atoms with van der Waals surface area (Å²) in [4.78, 5) is 29.8. The number of amides is 1. The van der Waals surface area contributed by atoms with Crippen molar-refractivity contribution < 1.29 is 4.79 Å². The first-order chi connectivity index (χ1) is 14.2. The van der Waals surface area contributed by atoms with Gasteiger partial charge in [-0.3, -0.25) is 4.79 Å². The molecule has 1 amide bonds. The second-order valence-electron chi connectivity index (χ2n) is 6.75. The minimum absolute atomic E-state index is 0.0452. The Morgan fingerprint density at radius 3 is 2.28 bits per heavy atom. The molecule has 2 N–H and O–H groups in total. The first-order valence-corrected chi connectivity index (χ1v) is 10.1. The van der Waals surface area contributed by atoms with Crippen LogP contribution in [0.5, 0.6) is 0 Å². The van der Waals surface area contributed by atoms with Crippen molar-refractivity contribution in [2.24, 2.45) is 4.99 Å². The molecule has 29 heavy (non-hydrogen) atoms. The van der Waals surface area contributed by atoms with Crippen LogP contribution in [0.3, 0.4) is 0 Å². The highest BCUT2D eigenvalue weighted by molar-refractivity contribution is 5.94. The Balaban J connectivity index is 1.59. The Bertz CT molecular complexity index is 800. The summed E-state index contributed by atoms with van der Waals surface area (Å²) in [5.74, 6) is 1.64. The van der Waals surface area contributed by atoms with Gasteiger partial charge >= 0.3 is 0 Å². The minimum atomic E-state index is -0.0452. The topological polar surface area (TPSA) is 85.8 Å². The number of aliphatic imine (C=N–C) groups is 1. The van der Waals surface area contributed by atoms with Gasteiger partial charge < -0.3 is 20.4 Å². The number of piperazine rings is 1. The summed E-state index contributed by atoms with van der Waals surface area (Å²) >= 11 is 0. The zero-order valence-electron chi connectivity index (χ0n) is 17.1. The van der Waals surface area contributed by atoms with E-state index >= 15 is 0 Å². The third-order valence-corrected chi connectivity index (χ3v) is 4.71. The smallest absolute Gasteiger partial charge is 0.251 e. The lowest BCUT2D eigenvalue weighted by Crippen LogP contribution is -2.52. The number of benzene rings is 1. The Labute approximate surface area is 172 Å². The number of hydrogen-bond donors (Lipinski definition) is 2. The standard InChI is InChI=1S/C21H29N7O/c1-3-22-19(29)18-8-6-17(7-9-18)16-26-20(23-4-2)27-12-14-28(15-13-27)21-24-10-5-11-25-21/h5-11H,3-4,12-16H2,1-2H3,(H,22,29)(H,23,26). The first kappa shape index (κ1) is 20.6. The van der Waals surface area contributed by atoms with E-state index in [1.54, 1.807) is 12.4 Å². The van der Waals surface area contributed by atoms with Crippen LogP contribution in [0.2, 0.25) is 0 Å². The highest BCUT2D eigenvalue weighted by atomic mass is 16.1. The van der Waals surface area contributed by atoms with E-state index in [0.717, 1.165) is 50.2 Å². The Kier molecular flexibility index (Phi) is 7.38. The third-order valence-electron chi connectivity index (χ3n) is 4.71. The number of guanidine groups is 1. The van der Waals surface area contributed by atoms with Gasteiger partial charge in [0.25, 0.3) is 5.91 Å². The summed E-state index contributed by atoms with van der Waals surface area (Å²) in [5.41, 5.74) is 1.75. The van der Waals surface area contributed by atoms with Crippen LogP contribution in [0.1, 0.15) is 29.8 Å². The summed E-state index contributed by atoms with van der Waals surface area (Å²) in [6, 6.07) is 9.45. The number of nitrogens with one attached hydrogen (secondary N) is 2. The molecule has 8 heteroatoms. The number of anilines is 1. The van der Waals surface area contributed by atoms with Gasteiger partial charge in [-0.15, -0.1) is 0 Å². The number of rotatable bonds is 6. The molecular weight excluding hydrogens is 366 g/mol. The molecule has 3 rings (SSSR count). The molecule has 2 aromatic rings. The normalized spacial score (nSPS) is 14.6.